The molecular weight excluding hydrogens is 241 g/mol. The third-order valence-electron chi connectivity index (χ3n) is 2.46. The maximum absolute atomic E-state index is 13.5. The van der Waals surface area contributed by atoms with Crippen LogP contribution in [0, 0.1) is 5.82 Å². The average Bonchev–Trinajstić information content (AvgIpc) is 2.30. The first-order chi connectivity index (χ1) is 8.18. The highest BCUT2D eigenvalue weighted by Gasteiger charge is 2.17. The molecule has 0 spiro atoms. The van der Waals surface area contributed by atoms with Crippen molar-refractivity contribution in [2.75, 3.05) is 0 Å². The predicted molar refractivity (Wildman–Crippen MR) is 64.3 cm³/mol. The van der Waals surface area contributed by atoms with Gasteiger partial charge in [-0.3, -0.25) is 4.98 Å². The molecule has 0 aliphatic rings. The number of nitrogens with zero attached hydrogens (tertiary/aromatic N) is 1. The van der Waals surface area contributed by atoms with E-state index in [1.54, 1.807) is 24.4 Å². The van der Waals surface area contributed by atoms with Crippen molar-refractivity contribution in [3.05, 3.63) is 64.7 Å². The topological polar surface area (TPSA) is 33.1 Å². The second-order valence-corrected chi connectivity index (χ2v) is 4.08. The van der Waals surface area contributed by atoms with Crippen LogP contribution in [0.4, 0.5) is 4.39 Å². The summed E-state index contributed by atoms with van der Waals surface area (Å²) in [6.07, 6.45) is 0.880. The number of halogens is 2. The molecule has 88 valence electrons. The van der Waals surface area contributed by atoms with Gasteiger partial charge in [0.25, 0.3) is 0 Å². The Morgan fingerprint density at radius 2 is 2.06 bits per heavy atom. The van der Waals surface area contributed by atoms with Crippen LogP contribution in [0.25, 0.3) is 0 Å². The standard InChI is InChI=1S/C13H11ClFNO/c14-10-5-3-6-11(15)13(10)12(17)8-9-4-1-2-7-16-9/h1-7,12,17H,8H2. The smallest absolute Gasteiger partial charge is 0.130 e. The van der Waals surface area contributed by atoms with Crippen molar-refractivity contribution in [1.29, 1.82) is 0 Å². The highest BCUT2D eigenvalue weighted by atomic mass is 35.5. The fourth-order valence-corrected chi connectivity index (χ4v) is 1.94. The van der Waals surface area contributed by atoms with Crippen LogP contribution >= 0.6 is 11.6 Å². The molecule has 2 nitrogen and oxygen atoms in total. The lowest BCUT2D eigenvalue weighted by atomic mass is 10.0. The molecule has 1 N–H and O–H groups in total. The van der Waals surface area contributed by atoms with E-state index in [1.807, 2.05) is 6.07 Å². The van der Waals surface area contributed by atoms with Gasteiger partial charge in [0.2, 0.25) is 0 Å². The van der Waals surface area contributed by atoms with E-state index in [2.05, 4.69) is 4.98 Å². The lowest BCUT2D eigenvalue weighted by molar-refractivity contribution is 0.172. The molecule has 1 aromatic carbocycles. The largest absolute Gasteiger partial charge is 0.388 e. The number of hydrogen-bond donors (Lipinski definition) is 1. The summed E-state index contributed by atoms with van der Waals surface area (Å²) in [7, 11) is 0. The van der Waals surface area contributed by atoms with Crippen molar-refractivity contribution >= 4 is 11.6 Å². The van der Waals surface area contributed by atoms with Crippen molar-refractivity contribution in [2.24, 2.45) is 0 Å². The van der Waals surface area contributed by atoms with Crippen LogP contribution in [0.1, 0.15) is 17.4 Å². The maximum Gasteiger partial charge on any atom is 0.130 e. The molecule has 0 fully saturated rings. The zero-order valence-corrected chi connectivity index (χ0v) is 9.73. The van der Waals surface area contributed by atoms with E-state index in [9.17, 15) is 9.50 Å². The molecule has 0 saturated heterocycles. The Kier molecular flexibility index (Phi) is 3.71. The Morgan fingerprint density at radius 3 is 2.71 bits per heavy atom. The van der Waals surface area contributed by atoms with E-state index in [-0.39, 0.29) is 17.0 Å². The zero-order chi connectivity index (χ0) is 12.3. The molecule has 17 heavy (non-hydrogen) atoms. The molecule has 0 bridgehead atoms. The summed E-state index contributed by atoms with van der Waals surface area (Å²) < 4.78 is 13.5. The van der Waals surface area contributed by atoms with Gasteiger partial charge in [-0.2, -0.15) is 0 Å². The molecular formula is C13H11ClFNO. The monoisotopic (exact) mass is 251 g/mol. The van der Waals surface area contributed by atoms with Gasteiger partial charge in [0.05, 0.1) is 6.10 Å². The second kappa shape index (κ2) is 5.25. The molecule has 1 aromatic heterocycles. The Balaban J connectivity index is 2.23. The van der Waals surface area contributed by atoms with Crippen LogP contribution < -0.4 is 0 Å². The summed E-state index contributed by atoms with van der Waals surface area (Å²) in [5, 5.41) is 10.2. The highest BCUT2D eigenvalue weighted by molar-refractivity contribution is 6.31. The summed E-state index contributed by atoms with van der Waals surface area (Å²) in [5.74, 6) is -0.499. The molecule has 0 amide bonds. The van der Waals surface area contributed by atoms with Gasteiger partial charge in [-0.1, -0.05) is 23.7 Å². The number of pyridine rings is 1. The minimum atomic E-state index is -0.987. The van der Waals surface area contributed by atoms with Gasteiger partial charge in [-0.05, 0) is 24.3 Å². The van der Waals surface area contributed by atoms with E-state index in [4.69, 9.17) is 11.6 Å². The van der Waals surface area contributed by atoms with E-state index in [1.165, 1.54) is 12.1 Å². The summed E-state index contributed by atoms with van der Waals surface area (Å²) in [6.45, 7) is 0. The van der Waals surface area contributed by atoms with Crippen molar-refractivity contribution in [1.82, 2.24) is 4.98 Å². The van der Waals surface area contributed by atoms with Gasteiger partial charge in [0, 0.05) is 28.9 Å². The molecule has 2 rings (SSSR count). The maximum atomic E-state index is 13.5. The van der Waals surface area contributed by atoms with E-state index < -0.39 is 11.9 Å². The number of aromatic nitrogens is 1. The first-order valence-electron chi connectivity index (χ1n) is 5.20. The number of rotatable bonds is 3. The Bertz CT molecular complexity index is 484. The quantitative estimate of drug-likeness (QED) is 0.909. The van der Waals surface area contributed by atoms with Crippen LogP contribution in [0.5, 0.6) is 0 Å². The fraction of sp³-hybridized carbons (Fsp3) is 0.154. The van der Waals surface area contributed by atoms with Crippen molar-refractivity contribution < 1.29 is 9.50 Å². The minimum Gasteiger partial charge on any atom is -0.388 e. The molecule has 0 aliphatic heterocycles. The van der Waals surface area contributed by atoms with Gasteiger partial charge in [0.15, 0.2) is 0 Å². The summed E-state index contributed by atoms with van der Waals surface area (Å²) in [5.41, 5.74) is 0.819. The van der Waals surface area contributed by atoms with Crippen molar-refractivity contribution in [2.45, 2.75) is 12.5 Å². The van der Waals surface area contributed by atoms with E-state index >= 15 is 0 Å². The third-order valence-corrected chi connectivity index (χ3v) is 2.79. The van der Waals surface area contributed by atoms with E-state index in [0.717, 1.165) is 0 Å². The third kappa shape index (κ3) is 2.81. The van der Waals surface area contributed by atoms with Crippen LogP contribution in [-0.2, 0) is 6.42 Å². The Hall–Kier alpha value is -1.45. The predicted octanol–water partition coefficient (Wildman–Crippen LogP) is 3.15. The average molecular weight is 252 g/mol. The molecule has 1 atom stereocenters. The molecule has 2 aromatic rings. The first-order valence-corrected chi connectivity index (χ1v) is 5.58. The van der Waals surface area contributed by atoms with Crippen molar-refractivity contribution in [3.8, 4) is 0 Å². The van der Waals surface area contributed by atoms with Crippen molar-refractivity contribution in [3.63, 3.8) is 0 Å². The number of benzene rings is 1. The Labute approximate surface area is 104 Å². The molecule has 0 saturated carbocycles. The summed E-state index contributed by atoms with van der Waals surface area (Å²) in [6, 6.07) is 9.72. The molecule has 0 aliphatic carbocycles. The van der Waals surface area contributed by atoms with Gasteiger partial charge < -0.3 is 5.11 Å². The fourth-order valence-electron chi connectivity index (χ4n) is 1.65. The zero-order valence-electron chi connectivity index (χ0n) is 8.98. The lowest BCUT2D eigenvalue weighted by Crippen LogP contribution is -2.06. The SMILES string of the molecule is OC(Cc1ccccn1)c1c(F)cccc1Cl. The van der Waals surface area contributed by atoms with Crippen LogP contribution in [0.2, 0.25) is 5.02 Å². The summed E-state index contributed by atoms with van der Waals surface area (Å²) >= 11 is 5.87. The summed E-state index contributed by atoms with van der Waals surface area (Å²) in [4.78, 5) is 4.08. The second-order valence-electron chi connectivity index (χ2n) is 3.68. The first kappa shape index (κ1) is 12.0. The molecule has 1 unspecified atom stereocenters. The van der Waals surface area contributed by atoms with Gasteiger partial charge >= 0.3 is 0 Å². The molecule has 4 heteroatoms. The highest BCUT2D eigenvalue weighted by Crippen LogP contribution is 2.27. The van der Waals surface area contributed by atoms with Crippen LogP contribution in [-0.4, -0.2) is 10.1 Å². The van der Waals surface area contributed by atoms with Gasteiger partial charge in [0.1, 0.15) is 5.82 Å². The van der Waals surface area contributed by atoms with Gasteiger partial charge in [-0.15, -0.1) is 0 Å². The minimum absolute atomic E-state index is 0.125. The van der Waals surface area contributed by atoms with Gasteiger partial charge in [-0.25, -0.2) is 4.39 Å². The number of aliphatic hydroxyl groups excluding tert-OH is 1. The van der Waals surface area contributed by atoms with Crippen LogP contribution in [0.15, 0.2) is 42.6 Å². The van der Waals surface area contributed by atoms with E-state index in [0.29, 0.717) is 5.69 Å². The normalized spacial score (nSPS) is 12.4. The lowest BCUT2D eigenvalue weighted by Gasteiger charge is -2.13. The number of aliphatic hydroxyl groups is 1. The molecule has 0 radical (unpaired) electrons. The van der Waals surface area contributed by atoms with Crippen LogP contribution in [0.3, 0.4) is 0 Å². The molecule has 1 heterocycles. The Morgan fingerprint density at radius 1 is 1.24 bits per heavy atom. The number of hydrogen-bond acceptors (Lipinski definition) is 2.